The van der Waals surface area contributed by atoms with Crippen molar-refractivity contribution in [3.05, 3.63) is 6.92 Å². The number of amides is 2. The SMILES string of the molecule is NC(=O)O.[CH2][C@@H](CCCCCCCC)NC(=O)OC(C)(C)C. The number of primary amides is 1. The largest absolute Gasteiger partial charge is 0.465 e. The molecule has 0 aliphatic carbocycles. The summed E-state index contributed by atoms with van der Waals surface area (Å²) in [6.07, 6.45) is 6.77. The first-order chi connectivity index (χ1) is 10.1. The van der Waals surface area contributed by atoms with Crippen molar-refractivity contribution in [2.45, 2.75) is 84.3 Å². The van der Waals surface area contributed by atoms with Gasteiger partial charge in [0.15, 0.2) is 0 Å². The number of carbonyl (C=O) groups excluding carboxylic acids is 1. The summed E-state index contributed by atoms with van der Waals surface area (Å²) in [5.74, 6) is 0. The number of hydrogen-bond acceptors (Lipinski definition) is 3. The number of hydrogen-bond donors (Lipinski definition) is 3. The fraction of sp³-hybridized carbons (Fsp3) is 0.812. The van der Waals surface area contributed by atoms with Crippen LogP contribution in [-0.4, -0.2) is 28.9 Å². The number of nitrogens with one attached hydrogen (secondary N) is 1. The molecule has 1 atom stereocenters. The topological polar surface area (TPSA) is 102 Å². The van der Waals surface area contributed by atoms with E-state index in [1.165, 1.54) is 32.1 Å². The summed E-state index contributed by atoms with van der Waals surface area (Å²) in [7, 11) is 0. The Hall–Kier alpha value is -1.46. The highest BCUT2D eigenvalue weighted by atomic mass is 16.6. The Morgan fingerprint density at radius 1 is 1.18 bits per heavy atom. The molecule has 2 amide bonds. The summed E-state index contributed by atoms with van der Waals surface area (Å²) in [5, 5.41) is 9.96. The maximum absolute atomic E-state index is 11.5. The van der Waals surface area contributed by atoms with Crippen LogP contribution in [-0.2, 0) is 4.74 Å². The zero-order valence-corrected chi connectivity index (χ0v) is 14.5. The summed E-state index contributed by atoms with van der Waals surface area (Å²) in [5.41, 5.74) is 3.59. The van der Waals surface area contributed by atoms with Gasteiger partial charge in [-0.1, -0.05) is 45.4 Å². The van der Waals surface area contributed by atoms with Crippen LogP contribution in [0.25, 0.3) is 0 Å². The van der Waals surface area contributed by atoms with Crippen molar-refractivity contribution in [1.82, 2.24) is 5.32 Å². The van der Waals surface area contributed by atoms with Crippen molar-refractivity contribution in [2.24, 2.45) is 5.73 Å². The van der Waals surface area contributed by atoms with Crippen molar-refractivity contribution in [3.8, 4) is 0 Å². The molecule has 0 heterocycles. The molecule has 0 fully saturated rings. The summed E-state index contributed by atoms with van der Waals surface area (Å²) in [6, 6.07) is -0.0500. The molecule has 1 radical (unpaired) electrons. The number of alkyl carbamates (subject to hydrolysis) is 1. The van der Waals surface area contributed by atoms with Gasteiger partial charge in [0.25, 0.3) is 0 Å². The third-order valence-electron chi connectivity index (χ3n) is 2.63. The molecule has 0 aromatic carbocycles. The van der Waals surface area contributed by atoms with E-state index >= 15 is 0 Å². The molecule has 0 aromatic heterocycles. The Labute approximate surface area is 134 Å². The minimum absolute atomic E-state index is 0.0500. The molecular formula is C16H33N2O4. The molecule has 0 unspecified atom stereocenters. The van der Waals surface area contributed by atoms with E-state index in [0.29, 0.717) is 0 Å². The van der Waals surface area contributed by atoms with Crippen molar-refractivity contribution >= 4 is 12.2 Å². The molecule has 6 heteroatoms. The number of unbranched alkanes of at least 4 members (excludes halogenated alkanes) is 5. The van der Waals surface area contributed by atoms with Crippen molar-refractivity contribution < 1.29 is 19.4 Å². The molecule has 22 heavy (non-hydrogen) atoms. The Morgan fingerprint density at radius 3 is 2.09 bits per heavy atom. The van der Waals surface area contributed by atoms with Gasteiger partial charge in [-0.2, -0.15) is 0 Å². The molecule has 0 rings (SSSR count). The van der Waals surface area contributed by atoms with Crippen LogP contribution >= 0.6 is 0 Å². The second-order valence-corrected chi connectivity index (χ2v) is 6.24. The number of carboxylic acid groups (broad SMARTS) is 1. The van der Waals surface area contributed by atoms with E-state index < -0.39 is 11.7 Å². The van der Waals surface area contributed by atoms with Gasteiger partial charge in [0.05, 0.1) is 0 Å². The van der Waals surface area contributed by atoms with Gasteiger partial charge in [0.2, 0.25) is 0 Å². The summed E-state index contributed by atoms with van der Waals surface area (Å²) < 4.78 is 5.18. The first-order valence-corrected chi connectivity index (χ1v) is 7.89. The van der Waals surface area contributed by atoms with Crippen LogP contribution in [0.5, 0.6) is 0 Å². The Kier molecular flexibility index (Phi) is 13.7. The van der Waals surface area contributed by atoms with Crippen LogP contribution < -0.4 is 11.1 Å². The van der Waals surface area contributed by atoms with Gasteiger partial charge in [-0.25, -0.2) is 9.59 Å². The standard InChI is InChI=1S/C15H30NO2.CH3NO2/c1-6-7-8-9-10-11-12-13(2)16-14(17)18-15(3,4)5;2-1(3)4/h13H,2,6-12H2,1,3-5H3,(H,16,17);2H2,(H,3,4)/t13-;/m0./s1. The molecule has 131 valence electrons. The normalized spacial score (nSPS) is 11.9. The molecular weight excluding hydrogens is 284 g/mol. The van der Waals surface area contributed by atoms with E-state index in [9.17, 15) is 4.79 Å². The number of rotatable bonds is 8. The van der Waals surface area contributed by atoms with Crippen molar-refractivity contribution in [3.63, 3.8) is 0 Å². The van der Waals surface area contributed by atoms with E-state index in [1.807, 2.05) is 20.8 Å². The third kappa shape index (κ3) is 23.6. The fourth-order valence-electron chi connectivity index (χ4n) is 1.72. The third-order valence-corrected chi connectivity index (χ3v) is 2.63. The van der Waals surface area contributed by atoms with Gasteiger partial charge < -0.3 is 20.9 Å². The molecule has 0 aromatic rings. The molecule has 0 aliphatic rings. The average molecular weight is 317 g/mol. The molecule has 0 aliphatic heterocycles. The lowest BCUT2D eigenvalue weighted by Crippen LogP contribution is -2.37. The highest BCUT2D eigenvalue weighted by Crippen LogP contribution is 2.10. The molecule has 6 nitrogen and oxygen atoms in total. The highest BCUT2D eigenvalue weighted by molar-refractivity contribution is 5.68. The Balaban J connectivity index is 0. The second kappa shape index (κ2) is 13.2. The van der Waals surface area contributed by atoms with Gasteiger partial charge in [0, 0.05) is 6.04 Å². The van der Waals surface area contributed by atoms with E-state index in [-0.39, 0.29) is 12.1 Å². The predicted octanol–water partition coefficient (Wildman–Crippen LogP) is 4.09. The van der Waals surface area contributed by atoms with Crippen LogP contribution in [0.2, 0.25) is 0 Å². The average Bonchev–Trinajstić information content (AvgIpc) is 2.30. The highest BCUT2D eigenvalue weighted by Gasteiger charge is 2.17. The van der Waals surface area contributed by atoms with Crippen molar-refractivity contribution in [1.29, 1.82) is 0 Å². The number of carbonyl (C=O) groups is 2. The number of nitrogens with two attached hydrogens (primary N) is 1. The maximum Gasteiger partial charge on any atom is 0.407 e. The van der Waals surface area contributed by atoms with Crippen LogP contribution in [0.1, 0.15) is 72.6 Å². The molecule has 0 saturated carbocycles. The van der Waals surface area contributed by atoms with E-state index in [0.717, 1.165) is 12.8 Å². The van der Waals surface area contributed by atoms with Crippen LogP contribution in [0.15, 0.2) is 0 Å². The molecule has 4 N–H and O–H groups in total. The van der Waals surface area contributed by atoms with Crippen LogP contribution in [0, 0.1) is 6.92 Å². The van der Waals surface area contributed by atoms with Gasteiger partial charge in [-0.15, -0.1) is 0 Å². The minimum Gasteiger partial charge on any atom is -0.465 e. The Bertz CT molecular complexity index is 297. The van der Waals surface area contributed by atoms with E-state index in [4.69, 9.17) is 14.6 Å². The lowest BCUT2D eigenvalue weighted by molar-refractivity contribution is 0.0511. The van der Waals surface area contributed by atoms with Gasteiger partial charge in [-0.05, 0) is 34.1 Å². The quantitative estimate of drug-likeness (QED) is 0.587. The minimum atomic E-state index is -1.33. The maximum atomic E-state index is 11.5. The summed E-state index contributed by atoms with van der Waals surface area (Å²) in [4.78, 5) is 20.2. The molecule has 0 spiro atoms. The first-order valence-electron chi connectivity index (χ1n) is 7.89. The second-order valence-electron chi connectivity index (χ2n) is 6.24. The van der Waals surface area contributed by atoms with Gasteiger partial charge >= 0.3 is 12.2 Å². The van der Waals surface area contributed by atoms with Gasteiger partial charge in [0.1, 0.15) is 5.60 Å². The number of ether oxygens (including phenoxy) is 1. The van der Waals surface area contributed by atoms with Gasteiger partial charge in [-0.3, -0.25) is 0 Å². The van der Waals surface area contributed by atoms with E-state index in [2.05, 4.69) is 24.9 Å². The summed E-state index contributed by atoms with van der Waals surface area (Å²) >= 11 is 0. The smallest absolute Gasteiger partial charge is 0.407 e. The summed E-state index contributed by atoms with van der Waals surface area (Å²) in [6.45, 7) is 11.7. The zero-order valence-electron chi connectivity index (χ0n) is 14.5. The Morgan fingerprint density at radius 2 is 1.64 bits per heavy atom. The fourth-order valence-corrected chi connectivity index (χ4v) is 1.72. The predicted molar refractivity (Wildman–Crippen MR) is 88.7 cm³/mol. The monoisotopic (exact) mass is 317 g/mol. The van der Waals surface area contributed by atoms with E-state index in [1.54, 1.807) is 0 Å². The first kappa shape index (κ1) is 22.8. The van der Waals surface area contributed by atoms with Crippen LogP contribution in [0.4, 0.5) is 9.59 Å². The lowest BCUT2D eigenvalue weighted by Gasteiger charge is -2.21. The zero-order chi connectivity index (χ0) is 17.6. The van der Waals surface area contributed by atoms with Crippen molar-refractivity contribution in [2.75, 3.05) is 0 Å². The molecule has 0 bridgehead atoms. The molecule has 0 saturated heterocycles. The lowest BCUT2D eigenvalue weighted by atomic mass is 10.1. The van der Waals surface area contributed by atoms with Crippen LogP contribution in [0.3, 0.4) is 0 Å².